The predicted molar refractivity (Wildman–Crippen MR) is 248 cm³/mol. The van der Waals surface area contributed by atoms with Crippen molar-refractivity contribution in [1.82, 2.24) is 21.3 Å². The topological polar surface area (TPSA) is 187 Å². The number of amides is 4. The Bertz CT molecular complexity index is 1410. The number of halogens is 2. The summed E-state index contributed by atoms with van der Waals surface area (Å²) >= 11 is 12.1. The summed E-state index contributed by atoms with van der Waals surface area (Å²) in [5.74, 6) is -2.15. The fraction of sp³-hybridized carbons (Fsp3) is 0.783. The summed E-state index contributed by atoms with van der Waals surface area (Å²) < 4.78 is 21.6. The number of carbonyl (C=O) groups excluding carboxylic acids is 6. The smallest absolute Gasteiger partial charge is 0.408 e. The molecule has 0 aromatic carbocycles. The van der Waals surface area contributed by atoms with E-state index < -0.39 is 94.3 Å². The lowest BCUT2D eigenvalue weighted by atomic mass is 9.92. The molecule has 4 amide bonds. The highest BCUT2D eigenvalue weighted by Crippen LogP contribution is 2.22. The fourth-order valence-corrected chi connectivity index (χ4v) is 6.49. The molecule has 4 N–H and O–H groups in total. The number of ether oxygens (including phenoxy) is 4. The summed E-state index contributed by atoms with van der Waals surface area (Å²) in [6.45, 7) is 36.1. The van der Waals surface area contributed by atoms with Gasteiger partial charge in [0.05, 0.1) is 0 Å². The summed E-state index contributed by atoms with van der Waals surface area (Å²) in [7, 11) is 0. The Hall–Kier alpha value is -3.52. The maximum absolute atomic E-state index is 13.2. The molecule has 0 fully saturated rings. The molecular weight excluding hydrogens is 839 g/mol. The molecule has 0 spiro atoms. The van der Waals surface area contributed by atoms with Crippen LogP contribution in [0.1, 0.15) is 151 Å². The van der Waals surface area contributed by atoms with E-state index in [4.69, 9.17) is 42.1 Å². The maximum Gasteiger partial charge on any atom is 0.408 e. The first-order valence-corrected chi connectivity index (χ1v) is 22.6. The Kier molecular flexibility index (Phi) is 26.3. The molecule has 14 nitrogen and oxygen atoms in total. The van der Waals surface area contributed by atoms with Gasteiger partial charge in [0.1, 0.15) is 46.6 Å². The third-order valence-electron chi connectivity index (χ3n) is 8.56. The highest BCUT2D eigenvalue weighted by Gasteiger charge is 2.36. The van der Waals surface area contributed by atoms with Crippen LogP contribution in [0, 0.1) is 23.7 Å². The van der Waals surface area contributed by atoms with Crippen molar-refractivity contribution < 1.29 is 47.7 Å². The first kappa shape index (κ1) is 60.6. The van der Waals surface area contributed by atoms with Gasteiger partial charge in [-0.2, -0.15) is 0 Å². The molecule has 0 aromatic heterocycles. The molecule has 0 saturated heterocycles. The minimum absolute atomic E-state index is 0.140. The maximum atomic E-state index is 13.2. The summed E-state index contributed by atoms with van der Waals surface area (Å²) in [6.07, 6.45) is 2.99. The summed E-state index contributed by atoms with van der Waals surface area (Å²) in [6, 6.07) is -3.63. The van der Waals surface area contributed by atoms with Crippen LogP contribution in [-0.4, -0.2) is 94.3 Å². The van der Waals surface area contributed by atoms with Crippen molar-refractivity contribution in [3.8, 4) is 0 Å². The van der Waals surface area contributed by atoms with Crippen molar-refractivity contribution in [3.05, 3.63) is 23.3 Å². The van der Waals surface area contributed by atoms with Crippen LogP contribution in [0.25, 0.3) is 0 Å². The molecule has 0 aliphatic heterocycles. The molecular formula is C46H82Cl2N4O10. The third kappa shape index (κ3) is 26.8. The Morgan fingerprint density at radius 2 is 0.726 bits per heavy atom. The van der Waals surface area contributed by atoms with Crippen LogP contribution in [0.15, 0.2) is 23.3 Å². The standard InChI is InChI=1S/2C23H41ClN2O5/c2*1-11-16(13-24)15(4)18(26-21(29)31-23(8,9)10)19(27)25-17(12-14(2)3)20(28)30-22(5,6)7/h2*11,14-15,17-18H,12-13H2,1-10H3,(H,25,27)(H,26,29)/b2*16-11+/t2*15-,17+,18+/m11/s1. The molecule has 0 aliphatic rings. The van der Waals surface area contributed by atoms with Gasteiger partial charge < -0.3 is 40.2 Å². The number of alkyl halides is 2. The SMILES string of the molecule is C/C=C(\CCl)[C@@H](C)[C@H](NC(=O)OC(C)(C)C)C(=O)N[C@@H](CC(C)C)C(=O)OC(C)(C)C.C/C=C(\CCl)[C@@H](C)[C@H](NC(=O)OC(C)(C)C)C(=O)N[C@@H](CC(C)C)C(=O)OC(C)(C)C. The molecule has 0 radical (unpaired) electrons. The summed E-state index contributed by atoms with van der Waals surface area (Å²) in [5.41, 5.74) is -1.24. The number of allylic oxidation sites excluding steroid dienone is 2. The van der Waals surface area contributed by atoms with Crippen molar-refractivity contribution in [1.29, 1.82) is 0 Å². The van der Waals surface area contributed by atoms with E-state index in [1.807, 2.05) is 53.7 Å². The highest BCUT2D eigenvalue weighted by molar-refractivity contribution is 6.19. The number of carbonyl (C=O) groups is 6. The van der Waals surface area contributed by atoms with E-state index in [9.17, 15) is 28.8 Å². The van der Waals surface area contributed by atoms with Crippen LogP contribution >= 0.6 is 23.2 Å². The summed E-state index contributed by atoms with van der Waals surface area (Å²) in [5, 5.41) is 10.8. The van der Waals surface area contributed by atoms with Gasteiger partial charge in [-0.3, -0.25) is 9.59 Å². The van der Waals surface area contributed by atoms with Crippen LogP contribution < -0.4 is 21.3 Å². The van der Waals surface area contributed by atoms with E-state index in [-0.39, 0.29) is 23.6 Å². The van der Waals surface area contributed by atoms with Crippen LogP contribution in [0.5, 0.6) is 0 Å². The Morgan fingerprint density at radius 3 is 0.919 bits per heavy atom. The molecule has 0 unspecified atom stereocenters. The molecule has 0 saturated carbocycles. The van der Waals surface area contributed by atoms with Gasteiger partial charge in [-0.1, -0.05) is 64.8 Å². The molecule has 0 aromatic rings. The monoisotopic (exact) mass is 921 g/mol. The Balaban J connectivity index is 0. The minimum Gasteiger partial charge on any atom is -0.458 e. The van der Waals surface area contributed by atoms with Gasteiger partial charge in [0.25, 0.3) is 0 Å². The summed E-state index contributed by atoms with van der Waals surface area (Å²) in [4.78, 5) is 76.7. The van der Waals surface area contributed by atoms with Crippen LogP contribution in [-0.2, 0) is 38.1 Å². The van der Waals surface area contributed by atoms with Gasteiger partial charge in [0.2, 0.25) is 11.8 Å². The van der Waals surface area contributed by atoms with E-state index in [0.29, 0.717) is 12.8 Å². The molecule has 0 rings (SSSR count). The van der Waals surface area contributed by atoms with Crippen LogP contribution in [0.4, 0.5) is 9.59 Å². The lowest BCUT2D eigenvalue weighted by molar-refractivity contribution is -0.160. The highest BCUT2D eigenvalue weighted by atomic mass is 35.5. The van der Waals surface area contributed by atoms with Crippen LogP contribution in [0.3, 0.4) is 0 Å². The molecule has 16 heteroatoms. The third-order valence-corrected chi connectivity index (χ3v) is 9.18. The van der Waals surface area contributed by atoms with Gasteiger partial charge in [-0.15, -0.1) is 23.2 Å². The lowest BCUT2D eigenvalue weighted by Gasteiger charge is -2.30. The van der Waals surface area contributed by atoms with E-state index >= 15 is 0 Å². The van der Waals surface area contributed by atoms with Crippen molar-refractivity contribution >= 4 is 59.1 Å². The zero-order chi connectivity index (χ0) is 49.1. The number of hydrogen-bond donors (Lipinski definition) is 4. The average Bonchev–Trinajstić information content (AvgIpc) is 3.06. The van der Waals surface area contributed by atoms with E-state index in [1.54, 1.807) is 96.9 Å². The van der Waals surface area contributed by atoms with Gasteiger partial charge in [0, 0.05) is 23.6 Å². The number of hydrogen-bond acceptors (Lipinski definition) is 10. The molecule has 0 heterocycles. The Labute approximate surface area is 383 Å². The fourth-order valence-electron chi connectivity index (χ4n) is 5.70. The van der Waals surface area contributed by atoms with E-state index in [0.717, 1.165) is 11.1 Å². The van der Waals surface area contributed by atoms with Crippen molar-refractivity contribution in [2.75, 3.05) is 11.8 Å². The first-order valence-electron chi connectivity index (χ1n) is 21.5. The molecule has 360 valence electrons. The quantitative estimate of drug-likeness (QED) is 0.0447. The minimum atomic E-state index is -0.975. The number of nitrogens with one attached hydrogen (secondary N) is 4. The number of esters is 2. The second-order valence-corrected chi connectivity index (χ2v) is 20.8. The van der Waals surface area contributed by atoms with E-state index in [2.05, 4.69) is 21.3 Å². The molecule has 0 aliphatic carbocycles. The van der Waals surface area contributed by atoms with Crippen molar-refractivity contribution in [2.45, 2.75) is 198 Å². The largest absolute Gasteiger partial charge is 0.458 e. The van der Waals surface area contributed by atoms with Crippen molar-refractivity contribution in [2.24, 2.45) is 23.7 Å². The normalized spacial score (nSPS) is 15.7. The van der Waals surface area contributed by atoms with Gasteiger partial charge in [0.15, 0.2) is 0 Å². The second kappa shape index (κ2) is 27.0. The zero-order valence-electron chi connectivity index (χ0n) is 41.4. The molecule has 62 heavy (non-hydrogen) atoms. The number of rotatable bonds is 18. The average molecular weight is 922 g/mol. The molecule has 0 bridgehead atoms. The van der Waals surface area contributed by atoms with Gasteiger partial charge in [-0.05, 0) is 122 Å². The predicted octanol–water partition coefficient (Wildman–Crippen LogP) is 9.15. The van der Waals surface area contributed by atoms with Gasteiger partial charge >= 0.3 is 24.1 Å². The Morgan fingerprint density at radius 1 is 0.468 bits per heavy atom. The lowest BCUT2D eigenvalue weighted by Crippen LogP contribution is -2.56. The van der Waals surface area contributed by atoms with Gasteiger partial charge in [-0.25, -0.2) is 19.2 Å². The zero-order valence-corrected chi connectivity index (χ0v) is 43.0. The van der Waals surface area contributed by atoms with Crippen LogP contribution in [0.2, 0.25) is 0 Å². The number of alkyl carbamates (subject to hydrolysis) is 2. The molecule has 6 atom stereocenters. The van der Waals surface area contributed by atoms with Crippen molar-refractivity contribution in [3.63, 3.8) is 0 Å². The first-order chi connectivity index (χ1) is 28.0. The van der Waals surface area contributed by atoms with E-state index in [1.165, 1.54) is 0 Å². The second-order valence-electron chi connectivity index (χ2n) is 20.3.